The van der Waals surface area contributed by atoms with E-state index in [1.807, 2.05) is 53.2 Å². The molecule has 0 saturated carbocycles. The van der Waals surface area contributed by atoms with Gasteiger partial charge in [0.15, 0.2) is 17.4 Å². The first-order valence-corrected chi connectivity index (χ1v) is 11.0. The lowest BCUT2D eigenvalue weighted by Crippen LogP contribution is -2.04. The molecule has 0 aliphatic heterocycles. The summed E-state index contributed by atoms with van der Waals surface area (Å²) in [4.78, 5) is 13.3. The van der Waals surface area contributed by atoms with Gasteiger partial charge in [-0.05, 0) is 35.7 Å². The molecule has 0 atom stereocenters. The number of nitrogens with one attached hydrogen (secondary N) is 1. The Labute approximate surface area is 196 Å². The lowest BCUT2D eigenvalue weighted by molar-refractivity contribution is 0.299. The second kappa shape index (κ2) is 9.68. The largest absolute Gasteiger partial charge is 0.491 e. The van der Waals surface area contributed by atoms with E-state index in [0.717, 1.165) is 27.7 Å². The fourth-order valence-corrected chi connectivity index (χ4v) is 3.89. The van der Waals surface area contributed by atoms with E-state index in [1.54, 1.807) is 25.7 Å². The molecular weight excluding hydrogens is 428 g/mol. The molecule has 0 radical (unpaired) electrons. The number of aliphatic hydroxyl groups excluding tert-OH is 1. The predicted molar refractivity (Wildman–Crippen MR) is 131 cm³/mol. The number of rotatable bonds is 8. The van der Waals surface area contributed by atoms with Crippen LogP contribution < -0.4 is 10.1 Å². The summed E-state index contributed by atoms with van der Waals surface area (Å²) in [5.41, 5.74) is 4.75. The van der Waals surface area contributed by atoms with Gasteiger partial charge in [0.1, 0.15) is 5.69 Å². The Morgan fingerprint density at radius 1 is 1.00 bits per heavy atom. The highest BCUT2D eigenvalue weighted by Gasteiger charge is 2.17. The highest BCUT2D eigenvalue weighted by atomic mass is 16.5. The second-order valence-electron chi connectivity index (χ2n) is 7.79. The van der Waals surface area contributed by atoms with Gasteiger partial charge in [0, 0.05) is 30.1 Å². The molecule has 5 rings (SSSR count). The Hall–Kier alpha value is -4.30. The molecule has 3 aromatic heterocycles. The zero-order valence-corrected chi connectivity index (χ0v) is 18.7. The lowest BCUT2D eigenvalue weighted by atomic mass is 10.1. The minimum atomic E-state index is 0.128. The third kappa shape index (κ3) is 4.44. The lowest BCUT2D eigenvalue weighted by Gasteiger charge is -2.10. The average Bonchev–Trinajstić information content (AvgIpc) is 3.23. The van der Waals surface area contributed by atoms with E-state index in [-0.39, 0.29) is 6.61 Å². The van der Waals surface area contributed by atoms with Crippen LogP contribution in [0.15, 0.2) is 79.3 Å². The Morgan fingerprint density at radius 3 is 2.65 bits per heavy atom. The number of ether oxygens (including phenoxy) is 1. The topological polar surface area (TPSA) is 98.0 Å². The van der Waals surface area contributed by atoms with Crippen LogP contribution in [0.1, 0.15) is 11.1 Å². The minimum absolute atomic E-state index is 0.128. The van der Waals surface area contributed by atoms with Crippen molar-refractivity contribution in [2.75, 3.05) is 19.0 Å². The Bertz CT molecular complexity index is 1420. The molecule has 0 fully saturated rings. The van der Waals surface area contributed by atoms with Gasteiger partial charge >= 0.3 is 0 Å². The maximum absolute atomic E-state index is 9.28. The number of fused-ring (bicyclic) bond motifs is 1. The molecule has 34 heavy (non-hydrogen) atoms. The third-order valence-corrected chi connectivity index (χ3v) is 5.51. The van der Waals surface area contributed by atoms with E-state index in [2.05, 4.69) is 27.4 Å². The van der Waals surface area contributed by atoms with E-state index >= 15 is 0 Å². The normalized spacial score (nSPS) is 11.0. The molecule has 8 nitrogen and oxygen atoms in total. The molecule has 0 spiro atoms. The van der Waals surface area contributed by atoms with Crippen molar-refractivity contribution in [1.29, 1.82) is 0 Å². The number of pyridine rings is 1. The first-order valence-electron chi connectivity index (χ1n) is 11.0. The zero-order valence-electron chi connectivity index (χ0n) is 18.7. The molecule has 3 heterocycles. The van der Waals surface area contributed by atoms with Crippen LogP contribution in [0.2, 0.25) is 0 Å². The number of benzene rings is 2. The van der Waals surface area contributed by atoms with Crippen molar-refractivity contribution in [2.24, 2.45) is 0 Å². The molecule has 0 saturated heterocycles. The number of anilines is 2. The van der Waals surface area contributed by atoms with Crippen molar-refractivity contribution in [3.05, 3.63) is 90.4 Å². The number of methoxy groups -OCH3 is 1. The van der Waals surface area contributed by atoms with Gasteiger partial charge in [0.2, 0.25) is 0 Å². The summed E-state index contributed by atoms with van der Waals surface area (Å²) in [7, 11) is 1.59. The van der Waals surface area contributed by atoms with E-state index in [1.165, 1.54) is 0 Å². The molecule has 8 heteroatoms. The Balaban J connectivity index is 1.54. The zero-order chi connectivity index (χ0) is 23.3. The van der Waals surface area contributed by atoms with E-state index in [9.17, 15) is 5.11 Å². The van der Waals surface area contributed by atoms with Crippen LogP contribution in [-0.4, -0.2) is 43.6 Å². The van der Waals surface area contributed by atoms with Crippen LogP contribution in [-0.2, 0) is 13.0 Å². The van der Waals surface area contributed by atoms with Gasteiger partial charge in [0.05, 0.1) is 25.4 Å². The number of para-hydroxylation sites is 1. The van der Waals surface area contributed by atoms with Gasteiger partial charge in [0.25, 0.3) is 0 Å². The van der Waals surface area contributed by atoms with E-state index in [4.69, 9.17) is 14.8 Å². The Morgan fingerprint density at radius 2 is 1.82 bits per heavy atom. The molecule has 170 valence electrons. The molecule has 2 aromatic carbocycles. The summed E-state index contributed by atoms with van der Waals surface area (Å²) >= 11 is 0. The number of hydrogen-bond donors (Lipinski definition) is 2. The fraction of sp³-hybridized carbons (Fsp3) is 0.154. The van der Waals surface area contributed by atoms with Crippen LogP contribution in [0.25, 0.3) is 22.4 Å². The Kier molecular flexibility index (Phi) is 6.13. The summed E-state index contributed by atoms with van der Waals surface area (Å²) in [6, 6.07) is 20.0. The number of aromatic nitrogens is 5. The number of hydrogen-bond acceptors (Lipinski definition) is 7. The highest BCUT2D eigenvalue weighted by Crippen LogP contribution is 2.31. The van der Waals surface area contributed by atoms with Gasteiger partial charge in [-0.15, -0.1) is 0 Å². The summed E-state index contributed by atoms with van der Waals surface area (Å²) in [6.45, 7) is 0.723. The van der Waals surface area contributed by atoms with Gasteiger partial charge < -0.3 is 15.2 Å². The van der Waals surface area contributed by atoms with Gasteiger partial charge in [-0.25, -0.2) is 9.97 Å². The molecule has 0 bridgehead atoms. The van der Waals surface area contributed by atoms with Gasteiger partial charge in [-0.1, -0.05) is 42.5 Å². The van der Waals surface area contributed by atoms with E-state index < -0.39 is 0 Å². The van der Waals surface area contributed by atoms with Crippen LogP contribution in [0.5, 0.6) is 5.75 Å². The maximum atomic E-state index is 9.28. The van der Waals surface area contributed by atoms with Crippen molar-refractivity contribution in [1.82, 2.24) is 24.7 Å². The predicted octanol–water partition coefficient (Wildman–Crippen LogP) is 4.22. The minimum Gasteiger partial charge on any atom is -0.491 e. The van der Waals surface area contributed by atoms with Gasteiger partial charge in [-0.3, -0.25) is 9.67 Å². The van der Waals surface area contributed by atoms with Crippen LogP contribution in [0.3, 0.4) is 0 Å². The maximum Gasteiger partial charge on any atom is 0.183 e. The van der Waals surface area contributed by atoms with Crippen molar-refractivity contribution >= 4 is 22.4 Å². The summed E-state index contributed by atoms with van der Waals surface area (Å²) in [6.07, 6.45) is 5.70. The fourth-order valence-electron chi connectivity index (χ4n) is 3.89. The number of aliphatic hydroxyl groups is 1. The first-order chi connectivity index (χ1) is 16.7. The standard InChI is InChI=1S/C26H24N6O2/c1-34-23-16-28-26(30-25(23)29-20-9-12-27-13-10-20)24-21-7-2-3-8-22(21)32(31-24)17-19-6-4-5-18(15-19)11-14-33/h2-10,12-13,15-16,33H,11,14,17H2,1H3,(H,27,28,29,30). The molecule has 5 aromatic rings. The summed E-state index contributed by atoms with van der Waals surface area (Å²) in [5.74, 6) is 1.58. The molecule has 0 unspecified atom stereocenters. The summed E-state index contributed by atoms with van der Waals surface area (Å²) in [5, 5.41) is 18.4. The molecule has 2 N–H and O–H groups in total. The highest BCUT2D eigenvalue weighted by molar-refractivity contribution is 5.92. The van der Waals surface area contributed by atoms with Crippen molar-refractivity contribution in [3.63, 3.8) is 0 Å². The smallest absolute Gasteiger partial charge is 0.183 e. The third-order valence-electron chi connectivity index (χ3n) is 5.51. The van der Waals surface area contributed by atoms with Crippen molar-refractivity contribution in [3.8, 4) is 17.3 Å². The second-order valence-corrected chi connectivity index (χ2v) is 7.79. The first kappa shape index (κ1) is 21.5. The summed E-state index contributed by atoms with van der Waals surface area (Å²) < 4.78 is 7.43. The quantitative estimate of drug-likeness (QED) is 0.364. The SMILES string of the molecule is COc1cnc(-c2nn(Cc3cccc(CCO)c3)c3ccccc23)nc1Nc1ccncc1. The van der Waals surface area contributed by atoms with Crippen LogP contribution >= 0.6 is 0 Å². The van der Waals surface area contributed by atoms with E-state index in [0.29, 0.717) is 36.1 Å². The van der Waals surface area contributed by atoms with Crippen molar-refractivity contribution < 1.29 is 9.84 Å². The van der Waals surface area contributed by atoms with Crippen LogP contribution in [0, 0.1) is 0 Å². The molecular formula is C26H24N6O2. The molecule has 0 aliphatic carbocycles. The van der Waals surface area contributed by atoms with Crippen LogP contribution in [0.4, 0.5) is 11.5 Å². The van der Waals surface area contributed by atoms with Gasteiger partial charge in [-0.2, -0.15) is 5.10 Å². The molecule has 0 aliphatic rings. The number of nitrogens with zero attached hydrogens (tertiary/aromatic N) is 5. The monoisotopic (exact) mass is 452 g/mol. The molecule has 0 amide bonds. The average molecular weight is 453 g/mol. The van der Waals surface area contributed by atoms with Crippen molar-refractivity contribution in [2.45, 2.75) is 13.0 Å².